The van der Waals surface area contributed by atoms with E-state index in [9.17, 15) is 0 Å². The zero-order valence-corrected chi connectivity index (χ0v) is 8.26. The van der Waals surface area contributed by atoms with Crippen molar-refractivity contribution < 1.29 is 58.5 Å². The van der Waals surface area contributed by atoms with E-state index in [4.69, 9.17) is 24.4 Å². The van der Waals surface area contributed by atoms with Gasteiger partial charge in [-0.15, -0.1) is 0 Å². The topological polar surface area (TPSA) is 98.0 Å². The monoisotopic (exact) mass is 263 g/mol. The number of rotatable bonds is 0. The first-order valence-electron chi connectivity index (χ1n) is 1.81. The van der Waals surface area contributed by atoms with E-state index in [2.05, 4.69) is 0 Å². The van der Waals surface area contributed by atoms with Gasteiger partial charge in [0.2, 0.25) is 0 Å². The molecule has 0 aliphatic rings. The van der Waals surface area contributed by atoms with Crippen molar-refractivity contribution in [2.24, 2.45) is 0 Å². The molecule has 4 N–H and O–H groups in total. The zero-order chi connectivity index (χ0) is 7.21. The van der Waals surface area contributed by atoms with Gasteiger partial charge in [0.25, 0.3) is 0 Å². The van der Waals surface area contributed by atoms with E-state index < -0.39 is 7.82 Å². The third-order valence-corrected chi connectivity index (χ3v) is 0. The molecule has 0 fully saturated rings. The Kier molecular flexibility index (Phi) is 47.2. The Morgan fingerprint density at radius 2 is 1.27 bits per heavy atom. The van der Waals surface area contributed by atoms with E-state index >= 15 is 0 Å². The van der Waals surface area contributed by atoms with Crippen molar-refractivity contribution in [1.82, 2.24) is 0 Å². The van der Waals surface area contributed by atoms with Crippen LogP contribution in [0.4, 0.5) is 0 Å². The van der Waals surface area contributed by atoms with Crippen LogP contribution in [0.5, 0.6) is 0 Å². The SMILES string of the molecule is CCO.O=P(O)(O)O.[Fe].[LiH].[Mn]. The molecule has 0 bridgehead atoms. The Bertz CT molecular complexity index is 80.3. The van der Waals surface area contributed by atoms with Crippen molar-refractivity contribution in [3.63, 3.8) is 0 Å². The van der Waals surface area contributed by atoms with E-state index in [1.165, 1.54) is 0 Å². The van der Waals surface area contributed by atoms with E-state index in [0.29, 0.717) is 0 Å². The second kappa shape index (κ2) is 17.7. The maximum atomic E-state index is 8.88. The summed E-state index contributed by atoms with van der Waals surface area (Å²) in [6.07, 6.45) is 0. The van der Waals surface area contributed by atoms with Crippen LogP contribution in [0.25, 0.3) is 0 Å². The molecule has 9 heteroatoms. The average molecular weight is 263 g/mol. The second-order valence-electron chi connectivity index (χ2n) is 0.830. The maximum absolute atomic E-state index is 8.88. The molecule has 69 valence electrons. The summed E-state index contributed by atoms with van der Waals surface area (Å²) in [5.74, 6) is 0. The molecular formula is C2H10FeLiMnO5P. The Hall–Kier alpha value is 1.71. The molecule has 0 rings (SSSR count). The van der Waals surface area contributed by atoms with Crippen LogP contribution in [0.1, 0.15) is 6.92 Å². The zero-order valence-electron chi connectivity index (χ0n) is 5.08. The van der Waals surface area contributed by atoms with Gasteiger partial charge in [0.15, 0.2) is 0 Å². The van der Waals surface area contributed by atoms with Gasteiger partial charge in [-0.25, -0.2) is 4.57 Å². The van der Waals surface area contributed by atoms with Crippen LogP contribution >= 0.6 is 7.82 Å². The van der Waals surface area contributed by atoms with Gasteiger partial charge >= 0.3 is 26.7 Å². The molecule has 0 heterocycles. The van der Waals surface area contributed by atoms with Gasteiger partial charge in [-0.3, -0.25) is 0 Å². The van der Waals surface area contributed by atoms with Gasteiger partial charge in [0.1, 0.15) is 0 Å². The third kappa shape index (κ3) is 379. The van der Waals surface area contributed by atoms with Crippen LogP contribution in [0.2, 0.25) is 0 Å². The smallest absolute Gasteiger partial charge is 0 e. The van der Waals surface area contributed by atoms with E-state index in [1.54, 1.807) is 6.92 Å². The molecule has 0 aliphatic carbocycles. The third-order valence-electron chi connectivity index (χ3n) is 0. The largest absolute Gasteiger partial charge is 0 e. The average Bonchev–Trinajstić information content (AvgIpc) is 1.27. The summed E-state index contributed by atoms with van der Waals surface area (Å²) in [7, 11) is -4.64. The predicted molar refractivity (Wildman–Crippen MR) is 34.2 cm³/mol. The normalized spacial score (nSPS) is 7.00. The molecule has 11 heavy (non-hydrogen) atoms. The molecule has 0 aromatic heterocycles. The van der Waals surface area contributed by atoms with Crippen LogP contribution in [0.15, 0.2) is 0 Å². The van der Waals surface area contributed by atoms with E-state index in [1.807, 2.05) is 0 Å². The molecule has 0 atom stereocenters. The first kappa shape index (κ1) is 29.3. The number of hydrogen-bond acceptors (Lipinski definition) is 2. The summed E-state index contributed by atoms with van der Waals surface area (Å²) in [4.78, 5) is 21.6. The number of aliphatic hydroxyl groups excluding tert-OH is 1. The molecule has 5 nitrogen and oxygen atoms in total. The van der Waals surface area contributed by atoms with Crippen molar-refractivity contribution >= 4 is 26.7 Å². The van der Waals surface area contributed by atoms with Crippen molar-refractivity contribution in [2.45, 2.75) is 6.92 Å². The Morgan fingerprint density at radius 3 is 1.27 bits per heavy atom. The summed E-state index contributed by atoms with van der Waals surface area (Å²) in [5, 5.41) is 7.57. The van der Waals surface area contributed by atoms with E-state index in [0.717, 1.165) is 0 Å². The summed E-state index contributed by atoms with van der Waals surface area (Å²) < 4.78 is 8.88. The molecule has 0 aliphatic heterocycles. The standard InChI is InChI=1S/C2H6O.Fe.Li.Mn.H3O4P.H/c1-2-3;;;;1-5(2,3)4;/h3H,2H2,1H3;;;;(H3,1,2,3,4);. The van der Waals surface area contributed by atoms with Crippen molar-refractivity contribution in [3.8, 4) is 0 Å². The minimum absolute atomic E-state index is 0. The molecule has 0 aromatic rings. The molecule has 1 radical (unpaired) electrons. The molecule has 0 unspecified atom stereocenters. The second-order valence-corrected chi connectivity index (χ2v) is 1.86. The summed E-state index contributed by atoms with van der Waals surface area (Å²) in [5.41, 5.74) is 0. The molecular weight excluding hydrogens is 253 g/mol. The Labute approximate surface area is 98.3 Å². The fourth-order valence-electron chi connectivity index (χ4n) is 0. The fraction of sp³-hybridized carbons (Fsp3) is 1.00. The first-order chi connectivity index (χ1) is 3.41. The van der Waals surface area contributed by atoms with Crippen molar-refractivity contribution in [2.75, 3.05) is 6.61 Å². The Morgan fingerprint density at radius 1 is 1.27 bits per heavy atom. The van der Waals surface area contributed by atoms with Gasteiger partial charge in [0, 0.05) is 40.7 Å². The molecule has 0 aromatic carbocycles. The fourth-order valence-corrected chi connectivity index (χ4v) is 0. The van der Waals surface area contributed by atoms with Gasteiger partial charge < -0.3 is 19.8 Å². The van der Waals surface area contributed by atoms with Crippen LogP contribution in [0, 0.1) is 0 Å². The van der Waals surface area contributed by atoms with Gasteiger partial charge in [-0.05, 0) is 6.92 Å². The minimum atomic E-state index is -4.64. The van der Waals surface area contributed by atoms with Crippen LogP contribution in [-0.2, 0) is 38.7 Å². The number of aliphatic hydroxyl groups is 1. The van der Waals surface area contributed by atoms with E-state index in [-0.39, 0.29) is 59.6 Å². The van der Waals surface area contributed by atoms with Crippen molar-refractivity contribution in [3.05, 3.63) is 0 Å². The van der Waals surface area contributed by atoms with Gasteiger partial charge in [-0.2, -0.15) is 0 Å². The summed E-state index contributed by atoms with van der Waals surface area (Å²) in [6, 6.07) is 0. The first-order valence-corrected chi connectivity index (χ1v) is 3.37. The van der Waals surface area contributed by atoms with Gasteiger partial charge in [-0.1, -0.05) is 0 Å². The van der Waals surface area contributed by atoms with Crippen LogP contribution < -0.4 is 0 Å². The predicted octanol–water partition coefficient (Wildman–Crippen LogP) is -1.58. The minimum Gasteiger partial charge on any atom is 0 e. The molecule has 0 spiro atoms. The van der Waals surface area contributed by atoms with Crippen LogP contribution in [-0.4, -0.2) is 45.3 Å². The number of phosphoric acid groups is 1. The summed E-state index contributed by atoms with van der Waals surface area (Å²) >= 11 is 0. The number of hydrogen-bond donors (Lipinski definition) is 4. The maximum Gasteiger partial charge on any atom is 0 e. The van der Waals surface area contributed by atoms with Crippen LogP contribution in [0.3, 0.4) is 0 Å². The quantitative estimate of drug-likeness (QED) is 0.312. The molecule has 0 saturated carbocycles. The van der Waals surface area contributed by atoms with Gasteiger partial charge in [0.05, 0.1) is 0 Å². The summed E-state index contributed by atoms with van der Waals surface area (Å²) in [6.45, 7) is 1.93. The van der Waals surface area contributed by atoms with Crippen molar-refractivity contribution in [1.29, 1.82) is 0 Å². The molecule has 0 amide bonds. The Balaban J connectivity index is -0.0000000183. The molecule has 0 saturated heterocycles.